The Morgan fingerprint density at radius 2 is 1.91 bits per heavy atom. The van der Waals surface area contributed by atoms with Gasteiger partial charge in [0, 0.05) is 36.1 Å². The molecule has 178 valence electrons. The van der Waals surface area contributed by atoms with Crippen molar-refractivity contribution in [2.45, 2.75) is 37.7 Å². The van der Waals surface area contributed by atoms with E-state index >= 15 is 0 Å². The van der Waals surface area contributed by atoms with Crippen molar-refractivity contribution in [2.75, 3.05) is 13.1 Å². The Morgan fingerprint density at radius 1 is 1.14 bits per heavy atom. The molecule has 4 aromatic rings. The van der Waals surface area contributed by atoms with Crippen LogP contribution in [0.1, 0.15) is 19.4 Å². The number of fused-ring (bicyclic) bond motifs is 1. The molecule has 1 fully saturated rings. The van der Waals surface area contributed by atoms with Crippen molar-refractivity contribution in [2.24, 2.45) is 0 Å². The molecule has 0 unspecified atom stereocenters. The first-order valence-corrected chi connectivity index (χ1v) is 12.5. The lowest BCUT2D eigenvalue weighted by Gasteiger charge is -2.17. The minimum atomic E-state index is -0.474. The van der Waals surface area contributed by atoms with E-state index in [2.05, 4.69) is 52.8 Å². The van der Waals surface area contributed by atoms with Gasteiger partial charge in [-0.15, -0.1) is 10.2 Å². The Labute approximate surface area is 207 Å². The molecule has 2 aromatic heterocycles. The smallest absolute Gasteiger partial charge is 0.324 e. The Kier molecular flexibility index (Phi) is 6.25. The normalized spacial score (nSPS) is 14.4. The van der Waals surface area contributed by atoms with Gasteiger partial charge in [-0.25, -0.2) is 9.78 Å². The fraction of sp³-hybridized carbons (Fsp3) is 0.269. The molecule has 1 N–H and O–H groups in total. The molecular weight excluding hydrogens is 460 g/mol. The Hall–Kier alpha value is -3.72. The van der Waals surface area contributed by atoms with Crippen LogP contribution in [0.3, 0.4) is 0 Å². The van der Waals surface area contributed by atoms with Crippen LogP contribution in [0, 0.1) is 6.92 Å². The number of rotatable bonds is 6. The summed E-state index contributed by atoms with van der Waals surface area (Å²) >= 11 is 1.32. The molecule has 1 aliphatic rings. The van der Waals surface area contributed by atoms with E-state index in [1.807, 2.05) is 35.8 Å². The van der Waals surface area contributed by atoms with Crippen molar-refractivity contribution in [3.05, 3.63) is 60.2 Å². The molecule has 3 amide bonds. The first kappa shape index (κ1) is 23.0. The first-order valence-electron chi connectivity index (χ1n) is 11.6. The van der Waals surface area contributed by atoms with Gasteiger partial charge in [-0.05, 0) is 32.9 Å². The minimum Gasteiger partial charge on any atom is -0.336 e. The zero-order valence-electron chi connectivity index (χ0n) is 19.9. The molecule has 1 atom stereocenters. The van der Waals surface area contributed by atoms with Crippen LogP contribution in [0.5, 0.6) is 0 Å². The van der Waals surface area contributed by atoms with E-state index < -0.39 is 5.25 Å². The van der Waals surface area contributed by atoms with E-state index in [-0.39, 0.29) is 11.9 Å². The SMILES string of the molecule is CCn1c(S[C@@H](C)C(=O)N2CCNC2=O)nnc1-c1cc(-c2ccc(C)cc2)nc2ccccc12. The van der Waals surface area contributed by atoms with Gasteiger partial charge in [-0.2, -0.15) is 0 Å². The number of urea groups is 1. The lowest BCUT2D eigenvalue weighted by atomic mass is 10.0. The highest BCUT2D eigenvalue weighted by Crippen LogP contribution is 2.34. The number of carbonyl (C=O) groups excluding carboxylic acids is 2. The van der Waals surface area contributed by atoms with Crippen molar-refractivity contribution >= 4 is 34.6 Å². The lowest BCUT2D eigenvalue weighted by Crippen LogP contribution is -2.39. The van der Waals surface area contributed by atoms with E-state index in [1.165, 1.54) is 22.2 Å². The second kappa shape index (κ2) is 9.50. The van der Waals surface area contributed by atoms with Crippen LogP contribution in [0.25, 0.3) is 33.5 Å². The van der Waals surface area contributed by atoms with Gasteiger partial charge in [0.25, 0.3) is 0 Å². The van der Waals surface area contributed by atoms with Gasteiger partial charge in [0.05, 0.1) is 16.5 Å². The molecule has 0 bridgehead atoms. The topological polar surface area (TPSA) is 93.0 Å². The van der Waals surface area contributed by atoms with Crippen molar-refractivity contribution in [3.63, 3.8) is 0 Å². The van der Waals surface area contributed by atoms with Gasteiger partial charge in [0.2, 0.25) is 5.91 Å². The molecule has 0 spiro atoms. The number of aromatic nitrogens is 4. The van der Waals surface area contributed by atoms with E-state index in [4.69, 9.17) is 4.98 Å². The number of pyridine rings is 1. The van der Waals surface area contributed by atoms with Crippen LogP contribution < -0.4 is 5.32 Å². The number of nitrogens with one attached hydrogen (secondary N) is 1. The van der Waals surface area contributed by atoms with Gasteiger partial charge in [-0.3, -0.25) is 9.69 Å². The maximum absolute atomic E-state index is 12.8. The molecular formula is C26H26N6O2S. The van der Waals surface area contributed by atoms with Crippen LogP contribution in [0.4, 0.5) is 4.79 Å². The summed E-state index contributed by atoms with van der Waals surface area (Å²) in [6.45, 7) is 7.39. The van der Waals surface area contributed by atoms with Crippen molar-refractivity contribution in [1.82, 2.24) is 30.0 Å². The molecule has 35 heavy (non-hydrogen) atoms. The largest absolute Gasteiger partial charge is 0.336 e. The highest BCUT2D eigenvalue weighted by molar-refractivity contribution is 8.00. The van der Waals surface area contributed by atoms with Crippen LogP contribution in [-0.4, -0.2) is 54.9 Å². The molecule has 1 aliphatic heterocycles. The number of benzene rings is 2. The lowest BCUT2D eigenvalue weighted by molar-refractivity contribution is -0.126. The summed E-state index contributed by atoms with van der Waals surface area (Å²) in [6, 6.07) is 18.0. The summed E-state index contributed by atoms with van der Waals surface area (Å²) in [5.74, 6) is 0.494. The number of amides is 3. The third kappa shape index (κ3) is 4.39. The van der Waals surface area contributed by atoms with Crippen molar-refractivity contribution < 1.29 is 9.59 Å². The monoisotopic (exact) mass is 486 g/mol. The molecule has 2 aromatic carbocycles. The highest BCUT2D eigenvalue weighted by Gasteiger charge is 2.31. The Morgan fingerprint density at radius 3 is 2.63 bits per heavy atom. The molecule has 0 aliphatic carbocycles. The van der Waals surface area contributed by atoms with E-state index in [1.54, 1.807) is 6.92 Å². The van der Waals surface area contributed by atoms with Gasteiger partial charge in [-0.1, -0.05) is 59.8 Å². The van der Waals surface area contributed by atoms with Gasteiger partial charge < -0.3 is 9.88 Å². The second-order valence-electron chi connectivity index (χ2n) is 8.47. The minimum absolute atomic E-state index is 0.228. The molecule has 8 nitrogen and oxygen atoms in total. The molecule has 0 radical (unpaired) electrons. The average Bonchev–Trinajstić information content (AvgIpc) is 3.48. The Bertz CT molecular complexity index is 1420. The average molecular weight is 487 g/mol. The summed E-state index contributed by atoms with van der Waals surface area (Å²) in [5, 5.41) is 12.8. The number of aryl methyl sites for hydroxylation is 1. The maximum atomic E-state index is 12.8. The number of hydrogen-bond donors (Lipinski definition) is 1. The fourth-order valence-corrected chi connectivity index (χ4v) is 5.18. The van der Waals surface area contributed by atoms with Crippen LogP contribution >= 0.6 is 11.8 Å². The zero-order valence-corrected chi connectivity index (χ0v) is 20.7. The van der Waals surface area contributed by atoms with Crippen molar-refractivity contribution in [1.29, 1.82) is 0 Å². The number of para-hydroxylation sites is 1. The quantitative estimate of drug-likeness (QED) is 0.403. The summed E-state index contributed by atoms with van der Waals surface area (Å²) in [6.07, 6.45) is 0. The van der Waals surface area contributed by atoms with Crippen LogP contribution in [0.2, 0.25) is 0 Å². The fourth-order valence-electron chi connectivity index (χ4n) is 4.20. The predicted molar refractivity (Wildman–Crippen MR) is 137 cm³/mol. The van der Waals surface area contributed by atoms with Gasteiger partial charge in [0.15, 0.2) is 11.0 Å². The van der Waals surface area contributed by atoms with Gasteiger partial charge >= 0.3 is 6.03 Å². The standard InChI is InChI=1S/C26H26N6O2S/c1-4-31-23(29-30-26(31)35-17(3)24(33)32-14-13-27-25(32)34)20-15-22(18-11-9-16(2)10-12-18)28-21-8-6-5-7-19(20)21/h5-12,15,17H,4,13-14H2,1-3H3,(H,27,34)/t17-/m0/s1. The molecule has 3 heterocycles. The third-order valence-corrected chi connectivity index (χ3v) is 7.16. The number of carbonyl (C=O) groups is 2. The highest BCUT2D eigenvalue weighted by atomic mass is 32.2. The zero-order chi connectivity index (χ0) is 24.5. The van der Waals surface area contributed by atoms with E-state index in [0.717, 1.165) is 33.5 Å². The number of imide groups is 1. The molecule has 1 saturated heterocycles. The van der Waals surface area contributed by atoms with Gasteiger partial charge in [0.1, 0.15) is 0 Å². The van der Waals surface area contributed by atoms with E-state index in [0.29, 0.717) is 24.8 Å². The molecule has 5 rings (SSSR count). The van der Waals surface area contributed by atoms with Crippen molar-refractivity contribution in [3.8, 4) is 22.6 Å². The van der Waals surface area contributed by atoms with Crippen LogP contribution in [0.15, 0.2) is 59.8 Å². The summed E-state index contributed by atoms with van der Waals surface area (Å²) < 4.78 is 2.01. The first-order chi connectivity index (χ1) is 17.0. The number of hydrogen-bond acceptors (Lipinski definition) is 6. The second-order valence-corrected chi connectivity index (χ2v) is 9.78. The number of thioether (sulfide) groups is 1. The summed E-state index contributed by atoms with van der Waals surface area (Å²) in [4.78, 5) is 30.9. The molecule has 0 saturated carbocycles. The molecule has 9 heteroatoms. The Balaban J connectivity index is 1.54. The third-order valence-electron chi connectivity index (χ3n) is 6.09. The summed E-state index contributed by atoms with van der Waals surface area (Å²) in [7, 11) is 0. The predicted octanol–water partition coefficient (Wildman–Crippen LogP) is 4.52. The number of nitrogens with zero attached hydrogens (tertiary/aromatic N) is 5. The van der Waals surface area contributed by atoms with Crippen LogP contribution in [-0.2, 0) is 11.3 Å². The van der Waals surface area contributed by atoms with E-state index in [9.17, 15) is 9.59 Å². The maximum Gasteiger partial charge on any atom is 0.324 e. The summed E-state index contributed by atoms with van der Waals surface area (Å²) in [5.41, 5.74) is 4.90.